The van der Waals surface area contributed by atoms with Crippen LogP contribution in [0.2, 0.25) is 0 Å². The number of rotatable bonds is 7. The lowest BCUT2D eigenvalue weighted by molar-refractivity contribution is -0.116. The van der Waals surface area contributed by atoms with E-state index >= 15 is 0 Å². The van der Waals surface area contributed by atoms with Crippen molar-refractivity contribution < 1.29 is 4.79 Å². The van der Waals surface area contributed by atoms with Gasteiger partial charge < -0.3 is 5.32 Å². The third kappa shape index (κ3) is 4.65. The van der Waals surface area contributed by atoms with Crippen LogP contribution in [0.25, 0.3) is 15.2 Å². The molecule has 3 aromatic heterocycles. The van der Waals surface area contributed by atoms with Crippen LogP contribution in [0.15, 0.2) is 33.4 Å². The molecule has 0 atom stereocenters. The topological polar surface area (TPSA) is 89.2 Å². The van der Waals surface area contributed by atoms with Gasteiger partial charge in [-0.05, 0) is 37.0 Å². The molecule has 1 aliphatic carbocycles. The Labute approximate surface area is 190 Å². The summed E-state index contributed by atoms with van der Waals surface area (Å²) in [4.78, 5) is 34.4. The summed E-state index contributed by atoms with van der Waals surface area (Å²) in [5.41, 5.74) is 2.29. The van der Waals surface area contributed by atoms with Crippen LogP contribution in [0.3, 0.4) is 0 Å². The van der Waals surface area contributed by atoms with Crippen molar-refractivity contribution in [2.24, 2.45) is 5.92 Å². The number of thiazole rings is 1. The Morgan fingerprint density at radius 3 is 2.87 bits per heavy atom. The van der Waals surface area contributed by atoms with Crippen molar-refractivity contribution in [2.45, 2.75) is 49.1 Å². The van der Waals surface area contributed by atoms with Crippen LogP contribution in [0, 0.1) is 5.92 Å². The first-order chi connectivity index (χ1) is 14.9. The smallest absolute Gasteiger partial charge is 0.275 e. The van der Waals surface area contributed by atoms with E-state index in [-0.39, 0.29) is 11.5 Å². The van der Waals surface area contributed by atoms with Gasteiger partial charge in [0.05, 0.1) is 15.9 Å². The fourth-order valence-electron chi connectivity index (χ4n) is 3.20. The van der Waals surface area contributed by atoms with Gasteiger partial charge in [0.2, 0.25) is 10.9 Å². The maximum atomic E-state index is 12.4. The van der Waals surface area contributed by atoms with Gasteiger partial charge in [-0.25, -0.2) is 9.97 Å². The highest BCUT2D eigenvalue weighted by Crippen LogP contribution is 2.41. The Morgan fingerprint density at radius 1 is 1.26 bits per heavy atom. The first kappa shape index (κ1) is 20.6. The van der Waals surface area contributed by atoms with Crippen molar-refractivity contribution in [1.29, 1.82) is 0 Å². The molecule has 4 aromatic rings. The summed E-state index contributed by atoms with van der Waals surface area (Å²) in [6, 6.07) is 7.33. The van der Waals surface area contributed by atoms with Gasteiger partial charge in [0.25, 0.3) is 5.56 Å². The molecule has 0 radical (unpaired) electrons. The highest BCUT2D eigenvalue weighted by molar-refractivity contribution is 8.00. The summed E-state index contributed by atoms with van der Waals surface area (Å²) in [7, 11) is 0. The lowest BCUT2D eigenvalue weighted by atomic mass is 10.1. The van der Waals surface area contributed by atoms with Crippen molar-refractivity contribution in [2.75, 3.05) is 5.32 Å². The highest BCUT2D eigenvalue weighted by Gasteiger charge is 2.28. The number of hydrogen-bond donors (Lipinski definition) is 1. The van der Waals surface area contributed by atoms with Gasteiger partial charge >= 0.3 is 0 Å². The molecule has 10 heteroatoms. The zero-order valence-electron chi connectivity index (χ0n) is 17.1. The van der Waals surface area contributed by atoms with Crippen molar-refractivity contribution >= 4 is 61.2 Å². The van der Waals surface area contributed by atoms with Crippen molar-refractivity contribution in [3.8, 4) is 0 Å². The van der Waals surface area contributed by atoms with E-state index in [1.54, 1.807) is 29.2 Å². The summed E-state index contributed by atoms with van der Waals surface area (Å²) >= 11 is 4.65. The molecule has 31 heavy (non-hydrogen) atoms. The number of carbonyl (C=O) groups is 1. The molecular formula is C21H21N5O2S3. The molecule has 3 heterocycles. The summed E-state index contributed by atoms with van der Waals surface area (Å²) in [5.74, 6) is 1.42. The molecule has 5 rings (SSSR count). The maximum absolute atomic E-state index is 12.4. The quantitative estimate of drug-likeness (QED) is 0.385. The summed E-state index contributed by atoms with van der Waals surface area (Å²) in [6.07, 6.45) is 2.80. The standard InChI is InChI=1S/C21H21N5O2S3/c1-11(2)7-17(27)22-13-5-6-15-16(8-13)30-21(24-15)29-10-14-9-18(28)26-20(23-14)31-19(25-26)12-3-4-12/h5-6,8-9,11-12H,3-4,7,10H2,1-2H3,(H,22,27). The molecule has 0 aliphatic heterocycles. The average molecular weight is 472 g/mol. The number of fused-ring (bicyclic) bond motifs is 2. The number of thioether (sulfide) groups is 1. The van der Waals surface area contributed by atoms with Crippen molar-refractivity contribution in [3.63, 3.8) is 0 Å². The van der Waals surface area contributed by atoms with Gasteiger partial charge in [0, 0.05) is 29.8 Å². The molecule has 0 bridgehead atoms. The van der Waals surface area contributed by atoms with Gasteiger partial charge in [0.15, 0.2) is 4.34 Å². The molecule has 1 aliphatic rings. The molecule has 160 valence electrons. The number of amides is 1. The average Bonchev–Trinajstić information content (AvgIpc) is 3.33. The number of hydrogen-bond acceptors (Lipinski definition) is 8. The number of nitrogens with zero attached hydrogens (tertiary/aromatic N) is 4. The summed E-state index contributed by atoms with van der Waals surface area (Å²) in [5, 5.41) is 8.38. The van der Waals surface area contributed by atoms with Crippen LogP contribution in [0.4, 0.5) is 5.69 Å². The number of anilines is 1. The van der Waals surface area contributed by atoms with E-state index in [0.717, 1.165) is 43.8 Å². The van der Waals surface area contributed by atoms with Crippen LogP contribution in [0.1, 0.15) is 49.7 Å². The molecule has 1 N–H and O–H groups in total. The van der Waals surface area contributed by atoms with E-state index < -0.39 is 0 Å². The first-order valence-corrected chi connectivity index (χ1v) is 12.8. The molecule has 1 aromatic carbocycles. The Kier molecular flexibility index (Phi) is 5.53. The van der Waals surface area contributed by atoms with Crippen molar-refractivity contribution in [1.82, 2.24) is 19.6 Å². The minimum absolute atomic E-state index is 0.0223. The maximum Gasteiger partial charge on any atom is 0.275 e. The Morgan fingerprint density at radius 2 is 2.10 bits per heavy atom. The molecule has 7 nitrogen and oxygen atoms in total. The van der Waals surface area contributed by atoms with Crippen LogP contribution in [-0.2, 0) is 10.5 Å². The lowest BCUT2D eigenvalue weighted by Gasteiger charge is -2.06. The second kappa shape index (κ2) is 8.33. The molecule has 1 saturated carbocycles. The van der Waals surface area contributed by atoms with E-state index in [0.29, 0.717) is 29.0 Å². The number of nitrogens with one attached hydrogen (secondary N) is 1. The Bertz CT molecular complexity index is 1340. The van der Waals surface area contributed by atoms with Gasteiger partial charge in [-0.2, -0.15) is 9.61 Å². The van der Waals surface area contributed by atoms with E-state index in [4.69, 9.17) is 0 Å². The third-order valence-corrected chi connectivity index (χ3v) is 8.10. The number of benzene rings is 1. The van der Waals surface area contributed by atoms with Gasteiger partial charge in [-0.15, -0.1) is 11.3 Å². The number of aromatic nitrogens is 4. The molecule has 1 amide bonds. The van der Waals surface area contributed by atoms with Crippen LogP contribution < -0.4 is 10.9 Å². The largest absolute Gasteiger partial charge is 0.326 e. The van der Waals surface area contributed by atoms with E-state index in [1.807, 2.05) is 32.0 Å². The van der Waals surface area contributed by atoms with Gasteiger partial charge in [0.1, 0.15) is 5.01 Å². The van der Waals surface area contributed by atoms with Crippen molar-refractivity contribution in [3.05, 3.63) is 45.3 Å². The minimum atomic E-state index is -0.130. The zero-order valence-corrected chi connectivity index (χ0v) is 19.6. The fraction of sp³-hybridized carbons (Fsp3) is 0.381. The molecule has 1 fully saturated rings. The van der Waals surface area contributed by atoms with Crippen LogP contribution in [0.5, 0.6) is 0 Å². The summed E-state index contributed by atoms with van der Waals surface area (Å²) < 4.78 is 3.34. The van der Waals surface area contributed by atoms with Crippen LogP contribution >= 0.6 is 34.4 Å². The predicted octanol–water partition coefficient (Wildman–Crippen LogP) is 4.92. The first-order valence-electron chi connectivity index (χ1n) is 10.2. The Balaban J connectivity index is 1.30. The molecule has 0 spiro atoms. The van der Waals surface area contributed by atoms with E-state index in [1.165, 1.54) is 15.9 Å². The highest BCUT2D eigenvalue weighted by atomic mass is 32.2. The zero-order chi connectivity index (χ0) is 21.5. The van der Waals surface area contributed by atoms with Gasteiger partial charge in [-0.3, -0.25) is 9.59 Å². The second-order valence-corrected chi connectivity index (χ2v) is 11.3. The lowest BCUT2D eigenvalue weighted by Crippen LogP contribution is -2.15. The summed E-state index contributed by atoms with van der Waals surface area (Å²) in [6.45, 7) is 4.05. The minimum Gasteiger partial charge on any atom is -0.326 e. The SMILES string of the molecule is CC(C)CC(=O)Nc1ccc2nc(SCc3cc(=O)n4nc(C5CC5)sc4n3)sc2c1. The fourth-order valence-corrected chi connectivity index (χ4v) is 6.29. The van der Waals surface area contributed by atoms with Crippen LogP contribution in [-0.4, -0.2) is 25.5 Å². The molecular weight excluding hydrogens is 450 g/mol. The Hall–Kier alpha value is -2.30. The number of carbonyl (C=O) groups excluding carboxylic acids is 1. The van der Waals surface area contributed by atoms with E-state index in [9.17, 15) is 9.59 Å². The molecule has 0 saturated heterocycles. The normalized spacial score (nSPS) is 14.0. The third-order valence-electron chi connectivity index (χ3n) is 4.83. The monoisotopic (exact) mass is 471 g/mol. The molecule has 0 unspecified atom stereocenters. The van der Waals surface area contributed by atoms with E-state index in [2.05, 4.69) is 20.4 Å². The predicted molar refractivity (Wildman–Crippen MR) is 126 cm³/mol. The van der Waals surface area contributed by atoms with Gasteiger partial charge in [-0.1, -0.05) is 36.9 Å². The second-order valence-electron chi connectivity index (χ2n) is 8.09.